The molecule has 1 aliphatic rings. The van der Waals surface area contributed by atoms with Gasteiger partial charge in [-0.3, -0.25) is 4.79 Å². The van der Waals surface area contributed by atoms with E-state index in [1.165, 1.54) is 10.7 Å². The molecular weight excluding hydrogens is 328 g/mol. The van der Waals surface area contributed by atoms with Crippen LogP contribution in [0, 0.1) is 0 Å². The zero-order valence-corrected chi connectivity index (χ0v) is 13.8. The molecule has 0 bridgehead atoms. The molecule has 0 N–H and O–H groups in total. The second-order valence-corrected chi connectivity index (χ2v) is 6.26. The van der Waals surface area contributed by atoms with Crippen LogP contribution in [0.2, 0.25) is 5.02 Å². The minimum absolute atomic E-state index is 0.0592. The fourth-order valence-electron chi connectivity index (χ4n) is 2.95. The highest BCUT2D eigenvalue weighted by atomic mass is 35.5. The Labute approximate surface area is 143 Å². The van der Waals surface area contributed by atoms with E-state index < -0.39 is 0 Å². The number of hydrogen-bond donors (Lipinski definition) is 0. The smallest absolute Gasteiger partial charge is 0.274 e. The molecule has 6 nitrogen and oxygen atoms in total. The van der Waals surface area contributed by atoms with Crippen molar-refractivity contribution in [1.29, 1.82) is 0 Å². The molecule has 24 heavy (non-hydrogen) atoms. The van der Waals surface area contributed by atoms with Crippen LogP contribution in [0.1, 0.15) is 29.6 Å². The maximum absolute atomic E-state index is 12.8. The van der Waals surface area contributed by atoms with E-state index in [-0.39, 0.29) is 11.9 Å². The Morgan fingerprint density at radius 3 is 3.08 bits per heavy atom. The Morgan fingerprint density at radius 2 is 2.33 bits per heavy atom. The first-order chi connectivity index (χ1) is 11.6. The molecule has 3 aromatic rings. The predicted octanol–water partition coefficient (Wildman–Crippen LogP) is 3.29. The lowest BCUT2D eigenvalue weighted by Crippen LogP contribution is -2.41. The SMILES string of the molecule is CC1CC(c2ccco2)=CCN1C(=O)c1cc2ncc(Cl)cn2n1. The molecule has 4 heterocycles. The number of aromatic nitrogens is 3. The number of nitrogens with zero attached hydrogens (tertiary/aromatic N) is 4. The van der Waals surface area contributed by atoms with Crippen LogP contribution >= 0.6 is 11.6 Å². The summed E-state index contributed by atoms with van der Waals surface area (Å²) >= 11 is 5.91. The molecule has 1 atom stereocenters. The minimum Gasteiger partial charge on any atom is -0.465 e. The maximum atomic E-state index is 12.8. The quantitative estimate of drug-likeness (QED) is 0.717. The van der Waals surface area contributed by atoms with Crippen LogP contribution in [-0.2, 0) is 0 Å². The number of halogens is 1. The summed E-state index contributed by atoms with van der Waals surface area (Å²) in [6.45, 7) is 2.55. The van der Waals surface area contributed by atoms with Crippen LogP contribution in [-0.4, -0.2) is 38.0 Å². The summed E-state index contributed by atoms with van der Waals surface area (Å²) in [6, 6.07) is 5.54. The van der Waals surface area contributed by atoms with Gasteiger partial charge in [0.25, 0.3) is 5.91 Å². The number of rotatable bonds is 2. The van der Waals surface area contributed by atoms with Gasteiger partial charge in [0.2, 0.25) is 0 Å². The summed E-state index contributed by atoms with van der Waals surface area (Å²) < 4.78 is 6.97. The van der Waals surface area contributed by atoms with Gasteiger partial charge in [-0.15, -0.1) is 0 Å². The van der Waals surface area contributed by atoms with Crippen LogP contribution in [0.25, 0.3) is 11.2 Å². The molecule has 0 spiro atoms. The van der Waals surface area contributed by atoms with Gasteiger partial charge in [0.15, 0.2) is 11.3 Å². The van der Waals surface area contributed by atoms with Gasteiger partial charge in [0.05, 0.1) is 17.5 Å². The van der Waals surface area contributed by atoms with Crippen molar-refractivity contribution in [2.45, 2.75) is 19.4 Å². The first-order valence-corrected chi connectivity index (χ1v) is 8.04. The average molecular weight is 343 g/mol. The first kappa shape index (κ1) is 15.0. The molecule has 0 saturated carbocycles. The molecule has 7 heteroatoms. The fraction of sp³-hybridized carbons (Fsp3) is 0.235. The molecule has 1 amide bonds. The lowest BCUT2D eigenvalue weighted by atomic mass is 9.99. The Kier molecular flexibility index (Phi) is 3.61. The van der Waals surface area contributed by atoms with E-state index in [1.54, 1.807) is 23.4 Å². The van der Waals surface area contributed by atoms with Gasteiger partial charge in [-0.05, 0) is 31.1 Å². The highest BCUT2D eigenvalue weighted by Gasteiger charge is 2.27. The summed E-state index contributed by atoms with van der Waals surface area (Å²) in [6.07, 6.45) is 7.61. The lowest BCUT2D eigenvalue weighted by molar-refractivity contribution is 0.0705. The van der Waals surface area contributed by atoms with E-state index in [0.29, 0.717) is 22.9 Å². The first-order valence-electron chi connectivity index (χ1n) is 7.66. The largest absolute Gasteiger partial charge is 0.465 e. The van der Waals surface area contributed by atoms with Crippen molar-refractivity contribution >= 4 is 28.7 Å². The lowest BCUT2D eigenvalue weighted by Gasteiger charge is -2.32. The molecule has 4 rings (SSSR count). The van der Waals surface area contributed by atoms with Crippen LogP contribution in [0.15, 0.2) is 47.3 Å². The molecule has 122 valence electrons. The molecule has 0 aromatic carbocycles. The van der Waals surface area contributed by atoms with Gasteiger partial charge in [-0.1, -0.05) is 17.7 Å². The van der Waals surface area contributed by atoms with Crippen LogP contribution < -0.4 is 0 Å². The summed E-state index contributed by atoms with van der Waals surface area (Å²) in [5.74, 6) is 0.749. The number of hydrogen-bond acceptors (Lipinski definition) is 4. The highest BCUT2D eigenvalue weighted by molar-refractivity contribution is 6.30. The number of amides is 1. The third-order valence-electron chi connectivity index (χ3n) is 4.18. The summed E-state index contributed by atoms with van der Waals surface area (Å²) in [4.78, 5) is 18.8. The van der Waals surface area contributed by atoms with E-state index in [0.717, 1.165) is 17.8 Å². The monoisotopic (exact) mass is 342 g/mol. The molecule has 0 radical (unpaired) electrons. The van der Waals surface area contributed by atoms with Gasteiger partial charge >= 0.3 is 0 Å². The van der Waals surface area contributed by atoms with E-state index in [1.807, 2.05) is 25.1 Å². The van der Waals surface area contributed by atoms with Crippen LogP contribution in [0.5, 0.6) is 0 Å². The number of carbonyl (C=O) groups is 1. The molecule has 1 unspecified atom stereocenters. The summed E-state index contributed by atoms with van der Waals surface area (Å²) in [7, 11) is 0. The Bertz CT molecular complexity index is 929. The number of carbonyl (C=O) groups excluding carboxylic acids is 1. The van der Waals surface area contributed by atoms with E-state index in [4.69, 9.17) is 16.0 Å². The zero-order chi connectivity index (χ0) is 16.7. The van der Waals surface area contributed by atoms with Crippen LogP contribution in [0.3, 0.4) is 0 Å². The standard InChI is InChI=1S/C17H15ClN4O2/c1-11-7-12(15-3-2-6-24-15)4-5-21(11)17(23)14-8-16-19-9-13(18)10-22(16)20-14/h2-4,6,8-11H,5,7H2,1H3. The van der Waals surface area contributed by atoms with Gasteiger partial charge < -0.3 is 9.32 Å². The van der Waals surface area contributed by atoms with Crippen molar-refractivity contribution in [3.63, 3.8) is 0 Å². The molecule has 1 aliphatic heterocycles. The molecule has 0 fully saturated rings. The Morgan fingerprint density at radius 1 is 1.46 bits per heavy atom. The third-order valence-corrected chi connectivity index (χ3v) is 4.38. The van der Waals surface area contributed by atoms with Crippen LogP contribution in [0.4, 0.5) is 0 Å². The molecule has 0 aliphatic carbocycles. The van der Waals surface area contributed by atoms with Crippen molar-refractivity contribution in [3.05, 3.63) is 59.4 Å². The Hall–Kier alpha value is -2.60. The third kappa shape index (κ3) is 2.59. The van der Waals surface area contributed by atoms with Gasteiger partial charge in [-0.25, -0.2) is 9.50 Å². The maximum Gasteiger partial charge on any atom is 0.274 e. The van der Waals surface area contributed by atoms with Gasteiger partial charge in [0.1, 0.15) is 5.76 Å². The fourth-order valence-corrected chi connectivity index (χ4v) is 3.09. The topological polar surface area (TPSA) is 63.6 Å². The van der Waals surface area contributed by atoms with Crippen molar-refractivity contribution < 1.29 is 9.21 Å². The average Bonchev–Trinajstić information content (AvgIpc) is 3.23. The highest BCUT2D eigenvalue weighted by Crippen LogP contribution is 2.27. The minimum atomic E-state index is -0.112. The molecular formula is C17H15ClN4O2. The zero-order valence-electron chi connectivity index (χ0n) is 13.0. The second-order valence-electron chi connectivity index (χ2n) is 5.82. The number of furan rings is 1. The van der Waals surface area contributed by atoms with E-state index in [2.05, 4.69) is 10.1 Å². The predicted molar refractivity (Wildman–Crippen MR) is 89.8 cm³/mol. The second kappa shape index (κ2) is 5.79. The van der Waals surface area contributed by atoms with Crippen molar-refractivity contribution in [1.82, 2.24) is 19.5 Å². The Balaban J connectivity index is 1.59. The van der Waals surface area contributed by atoms with Crippen molar-refractivity contribution in [2.75, 3.05) is 6.54 Å². The summed E-state index contributed by atoms with van der Waals surface area (Å²) in [5.41, 5.74) is 2.09. The molecule has 0 saturated heterocycles. The summed E-state index contributed by atoms with van der Waals surface area (Å²) in [5, 5.41) is 4.77. The number of fused-ring (bicyclic) bond motifs is 1. The normalized spacial score (nSPS) is 18.0. The molecule has 3 aromatic heterocycles. The van der Waals surface area contributed by atoms with Crippen molar-refractivity contribution in [2.24, 2.45) is 0 Å². The van der Waals surface area contributed by atoms with Gasteiger partial charge in [-0.2, -0.15) is 5.10 Å². The van der Waals surface area contributed by atoms with E-state index >= 15 is 0 Å². The van der Waals surface area contributed by atoms with E-state index in [9.17, 15) is 4.79 Å². The van der Waals surface area contributed by atoms with Crippen molar-refractivity contribution in [3.8, 4) is 0 Å². The van der Waals surface area contributed by atoms with Gasteiger partial charge in [0, 0.05) is 24.8 Å².